The van der Waals surface area contributed by atoms with E-state index in [0.717, 1.165) is 17.7 Å². The molecule has 0 radical (unpaired) electrons. The van der Waals surface area contributed by atoms with E-state index in [1.807, 2.05) is 24.3 Å². The lowest BCUT2D eigenvalue weighted by Gasteiger charge is -2.29. The Morgan fingerprint density at radius 2 is 2.10 bits per heavy atom. The molecule has 4 heteroatoms. The Kier molecular flexibility index (Phi) is 4.13. The summed E-state index contributed by atoms with van der Waals surface area (Å²) in [6, 6.07) is 12.2. The Morgan fingerprint density at radius 3 is 2.90 bits per heavy atom. The van der Waals surface area contributed by atoms with Crippen LogP contribution in [0.3, 0.4) is 0 Å². The summed E-state index contributed by atoms with van der Waals surface area (Å²) in [6.45, 7) is 0.571. The largest absolute Gasteiger partial charge is 0.493 e. The van der Waals surface area contributed by atoms with Crippen LogP contribution >= 0.6 is 11.6 Å². The van der Waals surface area contributed by atoms with Gasteiger partial charge in [-0.15, -0.1) is 0 Å². The van der Waals surface area contributed by atoms with E-state index >= 15 is 0 Å². The number of rotatable bonds is 3. The average Bonchev–Trinajstić information content (AvgIpc) is 2.49. The molecule has 3 rings (SSSR count). The van der Waals surface area contributed by atoms with Crippen molar-refractivity contribution in [1.82, 2.24) is 0 Å². The first-order chi connectivity index (χ1) is 10.1. The molecule has 0 aliphatic carbocycles. The Balaban J connectivity index is 1.81. The van der Waals surface area contributed by atoms with Crippen molar-refractivity contribution in [3.05, 3.63) is 64.4 Å². The number of aliphatic hydroxyl groups excluding tert-OH is 1. The second-order valence-corrected chi connectivity index (χ2v) is 5.73. The van der Waals surface area contributed by atoms with Gasteiger partial charge < -0.3 is 9.84 Å². The number of fused-ring (bicyclic) bond motifs is 1. The normalized spacial score (nSPS) is 18.7. The minimum Gasteiger partial charge on any atom is -0.493 e. The maximum absolute atomic E-state index is 13.9. The highest BCUT2D eigenvalue weighted by molar-refractivity contribution is 6.30. The van der Waals surface area contributed by atoms with Crippen molar-refractivity contribution in [2.24, 2.45) is 0 Å². The third-order valence-electron chi connectivity index (χ3n) is 3.91. The molecule has 0 spiro atoms. The molecule has 2 aromatic carbocycles. The molecular formula is C17H16ClFO2. The number of para-hydroxylation sites is 1. The maximum Gasteiger partial charge on any atom is 0.127 e. The fourth-order valence-corrected chi connectivity index (χ4v) is 2.98. The molecular weight excluding hydrogens is 291 g/mol. The summed E-state index contributed by atoms with van der Waals surface area (Å²) in [5.74, 6) is 0.399. The summed E-state index contributed by atoms with van der Waals surface area (Å²) >= 11 is 5.75. The van der Waals surface area contributed by atoms with Gasteiger partial charge in [-0.25, -0.2) is 4.39 Å². The Morgan fingerprint density at radius 1 is 1.29 bits per heavy atom. The van der Waals surface area contributed by atoms with Crippen LogP contribution in [0, 0.1) is 5.82 Å². The number of benzene rings is 2. The van der Waals surface area contributed by atoms with E-state index in [1.165, 1.54) is 6.07 Å². The molecule has 1 aliphatic heterocycles. The molecule has 1 N–H and O–H groups in total. The van der Waals surface area contributed by atoms with Crippen molar-refractivity contribution in [1.29, 1.82) is 0 Å². The molecule has 0 saturated heterocycles. The van der Waals surface area contributed by atoms with Crippen molar-refractivity contribution < 1.29 is 14.2 Å². The van der Waals surface area contributed by atoms with Crippen LogP contribution in [0.5, 0.6) is 5.75 Å². The highest BCUT2D eigenvalue weighted by Gasteiger charge is 2.28. The van der Waals surface area contributed by atoms with Crippen LogP contribution in [0.1, 0.15) is 23.5 Å². The van der Waals surface area contributed by atoms with E-state index in [2.05, 4.69) is 0 Å². The molecule has 0 fully saturated rings. The van der Waals surface area contributed by atoms with Crippen LogP contribution in [0.4, 0.5) is 4.39 Å². The number of halogens is 2. The van der Waals surface area contributed by atoms with Gasteiger partial charge in [-0.05, 0) is 35.7 Å². The second-order valence-electron chi connectivity index (χ2n) is 5.29. The summed E-state index contributed by atoms with van der Waals surface area (Å²) in [5.41, 5.74) is 1.47. The monoisotopic (exact) mass is 306 g/mol. The molecule has 2 aromatic rings. The number of aliphatic hydroxyl groups is 1. The van der Waals surface area contributed by atoms with Gasteiger partial charge in [0, 0.05) is 17.4 Å². The first-order valence-corrected chi connectivity index (χ1v) is 7.36. The van der Waals surface area contributed by atoms with Gasteiger partial charge in [0.1, 0.15) is 11.6 Å². The van der Waals surface area contributed by atoms with Gasteiger partial charge in [0.2, 0.25) is 0 Å². The predicted molar refractivity (Wildman–Crippen MR) is 80.4 cm³/mol. The van der Waals surface area contributed by atoms with Crippen molar-refractivity contribution in [2.45, 2.75) is 24.9 Å². The highest BCUT2D eigenvalue weighted by Crippen LogP contribution is 2.36. The van der Waals surface area contributed by atoms with Gasteiger partial charge in [0.05, 0.1) is 12.7 Å². The molecule has 0 bridgehead atoms. The summed E-state index contributed by atoms with van der Waals surface area (Å²) < 4.78 is 19.4. The van der Waals surface area contributed by atoms with E-state index in [1.54, 1.807) is 12.1 Å². The zero-order valence-electron chi connectivity index (χ0n) is 11.4. The molecule has 2 unspecified atom stereocenters. The number of hydrogen-bond donors (Lipinski definition) is 1. The van der Waals surface area contributed by atoms with Crippen LogP contribution in [0.15, 0.2) is 42.5 Å². The Bertz CT molecular complexity index is 644. The van der Waals surface area contributed by atoms with Crippen molar-refractivity contribution in [3.63, 3.8) is 0 Å². The predicted octanol–water partition coefficient (Wildman–Crippen LogP) is 3.95. The summed E-state index contributed by atoms with van der Waals surface area (Å²) in [4.78, 5) is 0. The molecule has 0 amide bonds. The zero-order chi connectivity index (χ0) is 14.8. The van der Waals surface area contributed by atoms with Crippen molar-refractivity contribution in [2.75, 3.05) is 6.61 Å². The second kappa shape index (κ2) is 6.04. The van der Waals surface area contributed by atoms with E-state index in [0.29, 0.717) is 17.2 Å². The molecule has 2 nitrogen and oxygen atoms in total. The fourth-order valence-electron chi connectivity index (χ4n) is 2.82. The van der Waals surface area contributed by atoms with Gasteiger partial charge in [0.15, 0.2) is 0 Å². The smallest absolute Gasteiger partial charge is 0.127 e. The van der Waals surface area contributed by atoms with Gasteiger partial charge >= 0.3 is 0 Å². The summed E-state index contributed by atoms with van der Waals surface area (Å²) in [5, 5.41) is 10.9. The standard InChI is InChI=1S/C17H16ClFO2/c18-12-6-5-11(15(19)10-12)9-16(20)13-7-8-21-17-4-2-1-3-14(13)17/h1-6,10,13,16,20H,7-9H2. The van der Waals surface area contributed by atoms with Gasteiger partial charge in [-0.1, -0.05) is 35.9 Å². The molecule has 0 saturated carbocycles. The average molecular weight is 307 g/mol. The van der Waals surface area contributed by atoms with E-state index in [-0.39, 0.29) is 18.2 Å². The van der Waals surface area contributed by atoms with Crippen LogP contribution in [-0.2, 0) is 6.42 Å². The lowest BCUT2D eigenvalue weighted by atomic mass is 9.85. The van der Waals surface area contributed by atoms with Crippen LogP contribution in [0.2, 0.25) is 5.02 Å². The third-order valence-corrected chi connectivity index (χ3v) is 4.15. The van der Waals surface area contributed by atoms with Crippen LogP contribution in [0.25, 0.3) is 0 Å². The zero-order valence-corrected chi connectivity index (χ0v) is 12.2. The van der Waals surface area contributed by atoms with Crippen molar-refractivity contribution in [3.8, 4) is 5.75 Å². The van der Waals surface area contributed by atoms with E-state index < -0.39 is 6.10 Å². The first-order valence-electron chi connectivity index (χ1n) is 6.99. The quantitative estimate of drug-likeness (QED) is 0.930. The SMILES string of the molecule is OC(Cc1ccc(Cl)cc1F)C1CCOc2ccccc21. The van der Waals surface area contributed by atoms with Crippen LogP contribution in [-0.4, -0.2) is 17.8 Å². The van der Waals surface area contributed by atoms with E-state index in [4.69, 9.17) is 16.3 Å². The molecule has 1 aliphatic rings. The van der Waals surface area contributed by atoms with Gasteiger partial charge in [-0.2, -0.15) is 0 Å². The van der Waals surface area contributed by atoms with Crippen molar-refractivity contribution >= 4 is 11.6 Å². The number of ether oxygens (including phenoxy) is 1. The highest BCUT2D eigenvalue weighted by atomic mass is 35.5. The van der Waals surface area contributed by atoms with Crippen LogP contribution < -0.4 is 4.74 Å². The molecule has 0 aromatic heterocycles. The Hall–Kier alpha value is -1.58. The summed E-state index contributed by atoms with van der Waals surface area (Å²) in [7, 11) is 0. The minimum atomic E-state index is -0.647. The lowest BCUT2D eigenvalue weighted by molar-refractivity contribution is 0.116. The Labute approximate surface area is 128 Å². The first kappa shape index (κ1) is 14.4. The van der Waals surface area contributed by atoms with E-state index in [9.17, 15) is 9.50 Å². The topological polar surface area (TPSA) is 29.5 Å². The van der Waals surface area contributed by atoms with Gasteiger partial charge in [0.25, 0.3) is 0 Å². The molecule has 1 heterocycles. The molecule has 21 heavy (non-hydrogen) atoms. The third kappa shape index (κ3) is 3.04. The maximum atomic E-state index is 13.9. The fraction of sp³-hybridized carbons (Fsp3) is 0.294. The lowest BCUT2D eigenvalue weighted by Crippen LogP contribution is -2.27. The minimum absolute atomic E-state index is 0.0370. The summed E-state index contributed by atoms with van der Waals surface area (Å²) in [6.07, 6.45) is 0.348. The molecule has 110 valence electrons. The molecule has 2 atom stereocenters. The number of hydrogen-bond acceptors (Lipinski definition) is 2. The van der Waals surface area contributed by atoms with Gasteiger partial charge in [-0.3, -0.25) is 0 Å².